The van der Waals surface area contributed by atoms with Crippen LogP contribution in [0.1, 0.15) is 10.5 Å². The molecular weight excluding hydrogens is 262 g/mol. The highest BCUT2D eigenvalue weighted by atomic mass is 32.1. The lowest BCUT2D eigenvalue weighted by molar-refractivity contribution is 0.102. The number of amides is 1. The van der Waals surface area contributed by atoms with Gasteiger partial charge in [0.2, 0.25) is 5.13 Å². The number of nitrogens with zero attached hydrogens (tertiary/aromatic N) is 3. The summed E-state index contributed by atoms with van der Waals surface area (Å²) in [6, 6.07) is 11.3. The van der Waals surface area contributed by atoms with Gasteiger partial charge in [-0.2, -0.15) is 5.10 Å². The standard InChI is InChI=1S/C12H9N5OS/c18-11(14-12-17-13-7-19-12)10-6-9(15-16-10)8-4-2-1-3-5-8/h1-7H,(H,15,16)(H,14,17,18). The fourth-order valence-corrected chi connectivity index (χ4v) is 2.03. The van der Waals surface area contributed by atoms with Gasteiger partial charge in [0.1, 0.15) is 11.2 Å². The van der Waals surface area contributed by atoms with Gasteiger partial charge in [-0.3, -0.25) is 15.2 Å². The molecule has 0 saturated heterocycles. The van der Waals surface area contributed by atoms with Crippen LogP contribution in [0.5, 0.6) is 0 Å². The summed E-state index contributed by atoms with van der Waals surface area (Å²) >= 11 is 1.26. The summed E-state index contributed by atoms with van der Waals surface area (Å²) in [6.45, 7) is 0. The minimum absolute atomic E-state index is 0.286. The van der Waals surface area contributed by atoms with Crippen LogP contribution in [0.15, 0.2) is 41.9 Å². The van der Waals surface area contributed by atoms with E-state index in [1.54, 1.807) is 11.6 Å². The monoisotopic (exact) mass is 271 g/mol. The van der Waals surface area contributed by atoms with Crippen molar-refractivity contribution in [3.63, 3.8) is 0 Å². The molecule has 0 atom stereocenters. The lowest BCUT2D eigenvalue weighted by Crippen LogP contribution is -2.12. The lowest BCUT2D eigenvalue weighted by Gasteiger charge is -1.96. The first kappa shape index (κ1) is 11.5. The fourth-order valence-electron chi connectivity index (χ4n) is 1.59. The van der Waals surface area contributed by atoms with E-state index in [1.165, 1.54) is 11.3 Å². The van der Waals surface area contributed by atoms with Crippen molar-refractivity contribution in [3.8, 4) is 11.3 Å². The molecule has 0 bridgehead atoms. The molecule has 0 unspecified atom stereocenters. The van der Waals surface area contributed by atoms with Gasteiger partial charge in [0.25, 0.3) is 5.91 Å². The van der Waals surface area contributed by atoms with Crippen LogP contribution in [-0.2, 0) is 0 Å². The molecule has 94 valence electrons. The maximum absolute atomic E-state index is 11.9. The Bertz CT molecular complexity index is 677. The summed E-state index contributed by atoms with van der Waals surface area (Å²) in [7, 11) is 0. The molecule has 3 aromatic rings. The van der Waals surface area contributed by atoms with Gasteiger partial charge >= 0.3 is 0 Å². The molecule has 1 aromatic carbocycles. The van der Waals surface area contributed by atoms with E-state index in [-0.39, 0.29) is 5.91 Å². The van der Waals surface area contributed by atoms with Crippen molar-refractivity contribution in [2.45, 2.75) is 0 Å². The number of H-pyrrole nitrogens is 1. The van der Waals surface area contributed by atoms with Crippen LogP contribution in [0.25, 0.3) is 11.3 Å². The fraction of sp³-hybridized carbons (Fsp3) is 0. The van der Waals surface area contributed by atoms with Gasteiger partial charge in [-0.25, -0.2) is 0 Å². The highest BCUT2D eigenvalue weighted by Crippen LogP contribution is 2.17. The van der Waals surface area contributed by atoms with Gasteiger partial charge in [0, 0.05) is 5.56 Å². The highest BCUT2D eigenvalue weighted by Gasteiger charge is 2.12. The molecule has 1 amide bonds. The number of nitrogens with one attached hydrogen (secondary N) is 2. The molecule has 0 spiro atoms. The van der Waals surface area contributed by atoms with Crippen molar-refractivity contribution in [2.24, 2.45) is 0 Å². The second kappa shape index (κ2) is 4.99. The molecule has 2 aromatic heterocycles. The van der Waals surface area contributed by atoms with E-state index < -0.39 is 0 Å². The Hall–Kier alpha value is -2.54. The average molecular weight is 271 g/mol. The summed E-state index contributed by atoms with van der Waals surface area (Å²) in [5.74, 6) is -0.286. The largest absolute Gasteiger partial charge is 0.295 e. The SMILES string of the molecule is O=C(Nc1nncs1)c1cc(-c2ccccc2)n[nH]1. The number of carbonyl (C=O) groups excluding carboxylic acids is 1. The van der Waals surface area contributed by atoms with Crippen molar-refractivity contribution in [2.75, 3.05) is 5.32 Å². The zero-order valence-electron chi connectivity index (χ0n) is 9.70. The lowest BCUT2D eigenvalue weighted by atomic mass is 10.1. The van der Waals surface area contributed by atoms with Gasteiger partial charge in [-0.15, -0.1) is 10.2 Å². The van der Waals surface area contributed by atoms with Gasteiger partial charge < -0.3 is 0 Å². The van der Waals surface area contributed by atoms with Crippen molar-refractivity contribution < 1.29 is 4.79 Å². The summed E-state index contributed by atoms with van der Waals surface area (Å²) in [5, 5.41) is 17.3. The van der Waals surface area contributed by atoms with Crippen LogP contribution in [0, 0.1) is 0 Å². The molecule has 2 N–H and O–H groups in total. The van der Waals surface area contributed by atoms with Gasteiger partial charge in [-0.05, 0) is 6.07 Å². The first-order valence-corrected chi connectivity index (χ1v) is 6.39. The number of benzene rings is 1. The molecule has 0 aliphatic heterocycles. The van der Waals surface area contributed by atoms with Crippen LogP contribution in [0.2, 0.25) is 0 Å². The Kier molecular flexibility index (Phi) is 3.03. The van der Waals surface area contributed by atoms with Crippen LogP contribution in [0.3, 0.4) is 0 Å². The number of hydrogen-bond acceptors (Lipinski definition) is 5. The molecule has 0 fully saturated rings. The first-order chi connectivity index (χ1) is 9.33. The van der Waals surface area contributed by atoms with Gasteiger partial charge in [-0.1, -0.05) is 41.7 Å². The van der Waals surface area contributed by atoms with Crippen LogP contribution in [0.4, 0.5) is 5.13 Å². The Morgan fingerprint density at radius 1 is 1.26 bits per heavy atom. The number of aromatic amines is 1. The summed E-state index contributed by atoms with van der Waals surface area (Å²) in [6.07, 6.45) is 0. The molecule has 0 aliphatic rings. The topological polar surface area (TPSA) is 83.6 Å². The number of anilines is 1. The number of rotatable bonds is 3. The third-order valence-corrected chi connectivity index (χ3v) is 3.08. The molecule has 3 rings (SSSR count). The maximum Gasteiger partial charge on any atom is 0.275 e. The Balaban J connectivity index is 1.80. The van der Waals surface area contributed by atoms with Crippen molar-refractivity contribution in [1.29, 1.82) is 0 Å². The predicted octanol–water partition coefficient (Wildman–Crippen LogP) is 2.18. The van der Waals surface area contributed by atoms with Crippen LogP contribution < -0.4 is 5.32 Å². The second-order valence-electron chi connectivity index (χ2n) is 3.73. The smallest absolute Gasteiger partial charge is 0.275 e. The number of carbonyl (C=O) groups is 1. The summed E-state index contributed by atoms with van der Waals surface area (Å²) in [5.41, 5.74) is 3.61. The molecule has 6 nitrogen and oxygen atoms in total. The van der Waals surface area contributed by atoms with Crippen LogP contribution in [-0.4, -0.2) is 26.3 Å². The summed E-state index contributed by atoms with van der Waals surface area (Å²) in [4.78, 5) is 11.9. The van der Waals surface area contributed by atoms with Crippen molar-refractivity contribution >= 4 is 22.4 Å². The van der Waals surface area contributed by atoms with E-state index >= 15 is 0 Å². The zero-order valence-corrected chi connectivity index (χ0v) is 10.5. The van der Waals surface area contributed by atoms with E-state index in [2.05, 4.69) is 25.7 Å². The number of hydrogen-bond donors (Lipinski definition) is 2. The highest BCUT2D eigenvalue weighted by molar-refractivity contribution is 7.13. The van der Waals surface area contributed by atoms with E-state index in [1.807, 2.05) is 30.3 Å². The third-order valence-electron chi connectivity index (χ3n) is 2.47. The normalized spacial score (nSPS) is 10.3. The van der Waals surface area contributed by atoms with E-state index in [0.29, 0.717) is 10.8 Å². The molecule has 0 saturated carbocycles. The van der Waals surface area contributed by atoms with E-state index in [0.717, 1.165) is 11.3 Å². The predicted molar refractivity (Wildman–Crippen MR) is 71.9 cm³/mol. The molecule has 2 heterocycles. The molecular formula is C12H9N5OS. The van der Waals surface area contributed by atoms with E-state index in [9.17, 15) is 4.79 Å². The van der Waals surface area contributed by atoms with Crippen LogP contribution >= 0.6 is 11.3 Å². The molecule has 19 heavy (non-hydrogen) atoms. The van der Waals surface area contributed by atoms with Gasteiger partial charge in [0.15, 0.2) is 0 Å². The molecule has 0 radical (unpaired) electrons. The second-order valence-corrected chi connectivity index (χ2v) is 4.56. The van der Waals surface area contributed by atoms with E-state index in [4.69, 9.17) is 0 Å². The quantitative estimate of drug-likeness (QED) is 0.764. The zero-order chi connectivity index (χ0) is 13.1. The number of aromatic nitrogens is 4. The molecule has 7 heteroatoms. The Morgan fingerprint density at radius 2 is 2.11 bits per heavy atom. The minimum Gasteiger partial charge on any atom is -0.295 e. The first-order valence-electron chi connectivity index (χ1n) is 5.51. The molecule has 0 aliphatic carbocycles. The minimum atomic E-state index is -0.286. The van der Waals surface area contributed by atoms with Crippen molar-refractivity contribution in [1.82, 2.24) is 20.4 Å². The maximum atomic E-state index is 11.9. The van der Waals surface area contributed by atoms with Gasteiger partial charge in [0.05, 0.1) is 5.69 Å². The Labute approximate surface area is 112 Å². The Morgan fingerprint density at radius 3 is 2.84 bits per heavy atom. The average Bonchev–Trinajstić information content (AvgIpc) is 3.10. The third kappa shape index (κ3) is 2.50. The summed E-state index contributed by atoms with van der Waals surface area (Å²) < 4.78 is 0. The van der Waals surface area contributed by atoms with Crippen molar-refractivity contribution in [3.05, 3.63) is 47.6 Å².